The number of thioether (sulfide) groups is 2. The fourth-order valence-corrected chi connectivity index (χ4v) is 3.30. The summed E-state index contributed by atoms with van der Waals surface area (Å²) in [7, 11) is 0. The van der Waals surface area contributed by atoms with Gasteiger partial charge in [-0.15, -0.1) is 16.7 Å². The van der Waals surface area contributed by atoms with Crippen molar-refractivity contribution >= 4 is 23.5 Å². The van der Waals surface area contributed by atoms with Crippen LogP contribution in [0.4, 0.5) is 0 Å². The van der Waals surface area contributed by atoms with Gasteiger partial charge in [-0.25, -0.2) is 17.8 Å². The summed E-state index contributed by atoms with van der Waals surface area (Å²) in [4.78, 5) is 1.39. The van der Waals surface area contributed by atoms with Gasteiger partial charge in [0.25, 0.3) is 0 Å². The first-order valence-corrected chi connectivity index (χ1v) is 6.80. The van der Waals surface area contributed by atoms with E-state index in [-0.39, 0.29) is 0 Å². The van der Waals surface area contributed by atoms with E-state index in [9.17, 15) is 0 Å². The van der Waals surface area contributed by atoms with Crippen LogP contribution >= 0.6 is 23.5 Å². The minimum absolute atomic E-state index is 0.621. The van der Waals surface area contributed by atoms with Crippen LogP contribution in [-0.4, -0.2) is 16.8 Å². The fourth-order valence-electron chi connectivity index (χ4n) is 1.32. The Morgan fingerprint density at radius 1 is 1.21 bits per heavy atom. The zero-order valence-electron chi connectivity index (χ0n) is 7.93. The standard InChI is InChI=1S/C12H13S2/c1-2-6-11(5-1)13-9-10-14-12-7-3-4-8-12/h1-8,11H,9-10H2/q-1. The summed E-state index contributed by atoms with van der Waals surface area (Å²) < 4.78 is 0. The van der Waals surface area contributed by atoms with Crippen LogP contribution in [0.3, 0.4) is 0 Å². The van der Waals surface area contributed by atoms with Crippen LogP contribution in [0, 0.1) is 0 Å². The van der Waals surface area contributed by atoms with Crippen molar-refractivity contribution in [2.75, 3.05) is 11.5 Å². The molecule has 0 nitrogen and oxygen atoms in total. The third-order valence-corrected chi connectivity index (χ3v) is 4.42. The predicted octanol–water partition coefficient (Wildman–Crippen LogP) is 3.73. The zero-order valence-corrected chi connectivity index (χ0v) is 9.56. The molecule has 0 N–H and O–H groups in total. The number of hydrogen-bond donors (Lipinski definition) is 0. The zero-order chi connectivity index (χ0) is 9.64. The lowest BCUT2D eigenvalue weighted by Crippen LogP contribution is -1.93. The van der Waals surface area contributed by atoms with E-state index < -0.39 is 0 Å². The molecular formula is C12H13S2-. The molecule has 0 spiro atoms. The molecule has 1 aromatic rings. The van der Waals surface area contributed by atoms with Gasteiger partial charge in [0.1, 0.15) is 0 Å². The van der Waals surface area contributed by atoms with Crippen molar-refractivity contribution in [3.05, 3.63) is 48.6 Å². The second-order valence-corrected chi connectivity index (χ2v) is 5.53. The van der Waals surface area contributed by atoms with Gasteiger partial charge < -0.3 is 0 Å². The predicted molar refractivity (Wildman–Crippen MR) is 67.3 cm³/mol. The molecule has 0 unspecified atom stereocenters. The van der Waals surface area contributed by atoms with E-state index in [2.05, 4.69) is 48.6 Å². The molecule has 0 radical (unpaired) electrons. The van der Waals surface area contributed by atoms with Crippen molar-refractivity contribution < 1.29 is 0 Å². The van der Waals surface area contributed by atoms with Gasteiger partial charge in [-0.05, 0) is 5.75 Å². The van der Waals surface area contributed by atoms with Crippen molar-refractivity contribution in [3.8, 4) is 0 Å². The topological polar surface area (TPSA) is 0 Å². The van der Waals surface area contributed by atoms with E-state index in [0.29, 0.717) is 5.25 Å². The van der Waals surface area contributed by atoms with Crippen LogP contribution in [0.5, 0.6) is 0 Å². The lowest BCUT2D eigenvalue weighted by Gasteiger charge is -2.06. The lowest BCUT2D eigenvalue weighted by molar-refractivity contribution is 1.42. The Balaban J connectivity index is 1.59. The highest BCUT2D eigenvalue weighted by molar-refractivity contribution is 8.03. The van der Waals surface area contributed by atoms with Crippen molar-refractivity contribution in [2.45, 2.75) is 10.1 Å². The lowest BCUT2D eigenvalue weighted by atomic mass is 10.5. The molecule has 2 heteroatoms. The quantitative estimate of drug-likeness (QED) is 0.422. The van der Waals surface area contributed by atoms with Gasteiger partial charge in [-0.1, -0.05) is 24.3 Å². The summed E-state index contributed by atoms with van der Waals surface area (Å²) in [5, 5.41) is 0.621. The van der Waals surface area contributed by atoms with Gasteiger partial charge >= 0.3 is 0 Å². The van der Waals surface area contributed by atoms with E-state index in [1.54, 1.807) is 0 Å². The average Bonchev–Trinajstić information content (AvgIpc) is 2.86. The van der Waals surface area contributed by atoms with Gasteiger partial charge in [-0.2, -0.15) is 18.2 Å². The molecule has 0 aromatic heterocycles. The van der Waals surface area contributed by atoms with Crippen LogP contribution in [-0.2, 0) is 0 Å². The Hall–Kier alpha value is -0.470. The number of rotatable bonds is 5. The highest BCUT2D eigenvalue weighted by Crippen LogP contribution is 2.23. The molecule has 0 aliphatic heterocycles. The Morgan fingerprint density at radius 2 is 2.07 bits per heavy atom. The van der Waals surface area contributed by atoms with Gasteiger partial charge in [0, 0.05) is 11.0 Å². The molecule has 1 aliphatic carbocycles. The highest BCUT2D eigenvalue weighted by atomic mass is 32.2. The van der Waals surface area contributed by atoms with E-state index in [4.69, 9.17) is 0 Å². The molecule has 0 heterocycles. The largest absolute Gasteiger partial charge is 0.207 e. The first-order chi connectivity index (χ1) is 6.95. The van der Waals surface area contributed by atoms with E-state index in [1.807, 2.05) is 23.5 Å². The number of allylic oxidation sites excluding steroid dienone is 2. The van der Waals surface area contributed by atoms with Crippen molar-refractivity contribution in [3.63, 3.8) is 0 Å². The molecule has 1 aliphatic rings. The Labute approximate surface area is 93.8 Å². The average molecular weight is 221 g/mol. The molecular weight excluding hydrogens is 208 g/mol. The summed E-state index contributed by atoms with van der Waals surface area (Å²) in [6, 6.07) is 8.53. The molecule has 0 amide bonds. The van der Waals surface area contributed by atoms with E-state index >= 15 is 0 Å². The smallest absolute Gasteiger partial charge is 0.0413 e. The molecule has 0 bridgehead atoms. The third-order valence-electron chi connectivity index (χ3n) is 2.01. The monoisotopic (exact) mass is 221 g/mol. The minimum Gasteiger partial charge on any atom is -0.207 e. The van der Waals surface area contributed by atoms with Crippen LogP contribution in [0.25, 0.3) is 0 Å². The normalized spacial score (nSPS) is 15.4. The van der Waals surface area contributed by atoms with Crippen LogP contribution < -0.4 is 0 Å². The Morgan fingerprint density at radius 3 is 2.79 bits per heavy atom. The van der Waals surface area contributed by atoms with Gasteiger partial charge in [0.15, 0.2) is 0 Å². The third kappa shape index (κ3) is 3.03. The molecule has 14 heavy (non-hydrogen) atoms. The molecule has 0 fully saturated rings. The summed E-state index contributed by atoms with van der Waals surface area (Å²) in [5.41, 5.74) is 0. The van der Waals surface area contributed by atoms with Crippen LogP contribution in [0.15, 0.2) is 53.5 Å². The Bertz CT molecular complexity index is 297. The molecule has 0 saturated carbocycles. The van der Waals surface area contributed by atoms with Gasteiger partial charge in [-0.3, -0.25) is 0 Å². The maximum atomic E-state index is 2.25. The minimum atomic E-state index is 0.621. The summed E-state index contributed by atoms with van der Waals surface area (Å²) in [5.74, 6) is 2.42. The summed E-state index contributed by atoms with van der Waals surface area (Å²) >= 11 is 3.95. The first kappa shape index (κ1) is 10.1. The molecule has 1 aromatic carbocycles. The van der Waals surface area contributed by atoms with Crippen LogP contribution in [0.1, 0.15) is 0 Å². The number of hydrogen-bond acceptors (Lipinski definition) is 2. The first-order valence-electron chi connectivity index (χ1n) is 4.76. The molecule has 0 saturated heterocycles. The Kier molecular flexibility index (Phi) is 3.90. The summed E-state index contributed by atoms with van der Waals surface area (Å²) in [6.07, 6.45) is 8.75. The molecule has 0 atom stereocenters. The van der Waals surface area contributed by atoms with Crippen molar-refractivity contribution in [1.29, 1.82) is 0 Å². The SMILES string of the molecule is C1=CC(SCCSc2cc[cH-]c2)C=C1. The van der Waals surface area contributed by atoms with Crippen molar-refractivity contribution in [1.82, 2.24) is 0 Å². The fraction of sp³-hybridized carbons (Fsp3) is 0.250. The summed E-state index contributed by atoms with van der Waals surface area (Å²) in [6.45, 7) is 0. The highest BCUT2D eigenvalue weighted by Gasteiger charge is 2.02. The second kappa shape index (κ2) is 5.42. The second-order valence-electron chi connectivity index (χ2n) is 3.07. The van der Waals surface area contributed by atoms with Crippen molar-refractivity contribution in [2.24, 2.45) is 0 Å². The van der Waals surface area contributed by atoms with Crippen LogP contribution in [0.2, 0.25) is 0 Å². The van der Waals surface area contributed by atoms with E-state index in [1.165, 1.54) is 16.4 Å². The molecule has 2 rings (SSSR count). The van der Waals surface area contributed by atoms with Gasteiger partial charge in [0.05, 0.1) is 0 Å². The van der Waals surface area contributed by atoms with E-state index in [0.717, 1.165) is 0 Å². The molecule has 74 valence electrons. The maximum absolute atomic E-state index is 2.25. The van der Waals surface area contributed by atoms with Gasteiger partial charge in [0.2, 0.25) is 0 Å². The maximum Gasteiger partial charge on any atom is 0.0413 e.